The summed E-state index contributed by atoms with van der Waals surface area (Å²) in [6.45, 7) is 0.378. The van der Waals surface area contributed by atoms with E-state index < -0.39 is 6.10 Å². The Morgan fingerprint density at radius 3 is 2.37 bits per heavy atom. The minimum absolute atomic E-state index is 0.141. The third-order valence-electron chi connectivity index (χ3n) is 3.30. The smallest absolute Gasteiger partial charge is 0.119 e. The Morgan fingerprint density at radius 1 is 1.05 bits per heavy atom. The van der Waals surface area contributed by atoms with E-state index in [1.807, 2.05) is 54.6 Å². The molecule has 0 saturated heterocycles. The van der Waals surface area contributed by atoms with Crippen molar-refractivity contribution in [1.29, 1.82) is 0 Å². The van der Waals surface area contributed by atoms with Gasteiger partial charge >= 0.3 is 0 Å². The first kappa shape index (κ1) is 13.6. The molecule has 0 bridgehead atoms. The van der Waals surface area contributed by atoms with Crippen molar-refractivity contribution in [1.82, 2.24) is 0 Å². The summed E-state index contributed by atoms with van der Waals surface area (Å²) in [7, 11) is 1.63. The highest BCUT2D eigenvalue weighted by Crippen LogP contribution is 2.31. The molecule has 0 aliphatic rings. The van der Waals surface area contributed by atoms with Crippen molar-refractivity contribution in [2.45, 2.75) is 12.0 Å². The number of nitrogens with two attached hydrogens (primary N) is 1. The Labute approximate surface area is 113 Å². The third kappa shape index (κ3) is 3.13. The van der Waals surface area contributed by atoms with Crippen LogP contribution in [0.2, 0.25) is 0 Å². The Balaban J connectivity index is 2.28. The Morgan fingerprint density at radius 2 is 1.74 bits per heavy atom. The minimum atomic E-state index is -0.613. The predicted molar refractivity (Wildman–Crippen MR) is 76.2 cm³/mol. The van der Waals surface area contributed by atoms with Gasteiger partial charge in [-0.1, -0.05) is 42.5 Å². The maximum Gasteiger partial charge on any atom is 0.119 e. The molecule has 2 rings (SSSR count). The zero-order valence-electron chi connectivity index (χ0n) is 11.0. The van der Waals surface area contributed by atoms with Crippen molar-refractivity contribution in [3.8, 4) is 5.75 Å². The van der Waals surface area contributed by atoms with E-state index in [9.17, 15) is 5.11 Å². The number of methoxy groups -OCH3 is 1. The van der Waals surface area contributed by atoms with E-state index in [-0.39, 0.29) is 5.92 Å². The summed E-state index contributed by atoms with van der Waals surface area (Å²) in [5, 5.41) is 10.5. The molecule has 0 aromatic heterocycles. The topological polar surface area (TPSA) is 55.5 Å². The van der Waals surface area contributed by atoms with Crippen molar-refractivity contribution in [3.63, 3.8) is 0 Å². The van der Waals surface area contributed by atoms with Gasteiger partial charge in [-0.05, 0) is 23.3 Å². The number of hydrogen-bond acceptors (Lipinski definition) is 3. The average Bonchev–Trinajstić information content (AvgIpc) is 2.49. The number of hydrogen-bond donors (Lipinski definition) is 2. The van der Waals surface area contributed by atoms with Crippen molar-refractivity contribution in [2.75, 3.05) is 13.7 Å². The van der Waals surface area contributed by atoms with E-state index in [0.717, 1.165) is 16.9 Å². The molecular weight excluding hydrogens is 238 g/mol. The second-order valence-corrected chi connectivity index (χ2v) is 4.47. The zero-order chi connectivity index (χ0) is 13.7. The van der Waals surface area contributed by atoms with Gasteiger partial charge in [-0.25, -0.2) is 0 Å². The van der Waals surface area contributed by atoms with Crippen LogP contribution in [0.5, 0.6) is 5.75 Å². The highest BCUT2D eigenvalue weighted by molar-refractivity contribution is 5.33. The van der Waals surface area contributed by atoms with E-state index in [0.29, 0.717) is 6.54 Å². The molecule has 0 radical (unpaired) electrons. The largest absolute Gasteiger partial charge is 0.497 e. The van der Waals surface area contributed by atoms with Gasteiger partial charge in [0.2, 0.25) is 0 Å². The lowest BCUT2D eigenvalue weighted by Crippen LogP contribution is -2.20. The summed E-state index contributed by atoms with van der Waals surface area (Å²) in [4.78, 5) is 0. The molecule has 0 saturated carbocycles. The second-order valence-electron chi connectivity index (χ2n) is 4.47. The maximum atomic E-state index is 10.5. The highest BCUT2D eigenvalue weighted by atomic mass is 16.5. The van der Waals surface area contributed by atoms with E-state index in [4.69, 9.17) is 10.5 Å². The highest BCUT2D eigenvalue weighted by Gasteiger charge is 2.21. The standard InChI is InChI=1S/C16H19NO2/c1-19-14-9-5-8-13(10-14)15(11-17)16(18)12-6-3-2-4-7-12/h2-10,15-16,18H,11,17H2,1H3. The van der Waals surface area contributed by atoms with Gasteiger partial charge < -0.3 is 15.6 Å². The van der Waals surface area contributed by atoms with E-state index in [1.165, 1.54) is 0 Å². The first-order valence-corrected chi connectivity index (χ1v) is 6.33. The fourth-order valence-corrected chi connectivity index (χ4v) is 2.20. The van der Waals surface area contributed by atoms with Gasteiger partial charge in [0.15, 0.2) is 0 Å². The molecule has 2 unspecified atom stereocenters. The van der Waals surface area contributed by atoms with Gasteiger partial charge in [0, 0.05) is 12.5 Å². The van der Waals surface area contributed by atoms with Gasteiger partial charge in [-0.2, -0.15) is 0 Å². The molecule has 0 heterocycles. The molecule has 0 fully saturated rings. The van der Waals surface area contributed by atoms with Crippen LogP contribution in [0.3, 0.4) is 0 Å². The van der Waals surface area contributed by atoms with Gasteiger partial charge in [0.1, 0.15) is 5.75 Å². The number of benzene rings is 2. The molecule has 0 aliphatic heterocycles. The lowest BCUT2D eigenvalue weighted by molar-refractivity contribution is 0.147. The molecule has 100 valence electrons. The molecule has 19 heavy (non-hydrogen) atoms. The first-order valence-electron chi connectivity index (χ1n) is 6.33. The van der Waals surface area contributed by atoms with E-state index >= 15 is 0 Å². The molecule has 0 aliphatic carbocycles. The molecule has 0 spiro atoms. The number of ether oxygens (including phenoxy) is 1. The van der Waals surface area contributed by atoms with Crippen LogP contribution in [0.25, 0.3) is 0 Å². The van der Waals surface area contributed by atoms with Crippen LogP contribution in [0, 0.1) is 0 Å². The number of aliphatic hydroxyl groups is 1. The van der Waals surface area contributed by atoms with Crippen molar-refractivity contribution in [2.24, 2.45) is 5.73 Å². The van der Waals surface area contributed by atoms with Crippen molar-refractivity contribution >= 4 is 0 Å². The number of rotatable bonds is 5. The predicted octanol–water partition coefficient (Wildman–Crippen LogP) is 2.47. The van der Waals surface area contributed by atoms with Crippen LogP contribution >= 0.6 is 0 Å². The SMILES string of the molecule is COc1cccc(C(CN)C(O)c2ccccc2)c1. The van der Waals surface area contributed by atoms with E-state index in [1.54, 1.807) is 7.11 Å². The molecule has 3 heteroatoms. The minimum Gasteiger partial charge on any atom is -0.497 e. The van der Waals surface area contributed by atoms with Crippen molar-refractivity contribution < 1.29 is 9.84 Å². The lowest BCUT2D eigenvalue weighted by atomic mass is 9.89. The van der Waals surface area contributed by atoms with Crippen LogP contribution in [0.15, 0.2) is 54.6 Å². The van der Waals surface area contributed by atoms with Gasteiger partial charge in [-0.15, -0.1) is 0 Å². The fraction of sp³-hybridized carbons (Fsp3) is 0.250. The Bertz CT molecular complexity index is 513. The van der Waals surface area contributed by atoms with E-state index in [2.05, 4.69) is 0 Å². The normalized spacial score (nSPS) is 13.8. The number of aliphatic hydroxyl groups excluding tert-OH is 1. The van der Waals surface area contributed by atoms with Gasteiger partial charge in [0.05, 0.1) is 13.2 Å². The quantitative estimate of drug-likeness (QED) is 0.865. The summed E-state index contributed by atoms with van der Waals surface area (Å²) in [6, 6.07) is 17.3. The molecule has 2 atom stereocenters. The van der Waals surface area contributed by atoms with Crippen LogP contribution in [-0.4, -0.2) is 18.8 Å². The summed E-state index contributed by atoms with van der Waals surface area (Å²) in [6.07, 6.45) is -0.613. The van der Waals surface area contributed by atoms with Gasteiger partial charge in [-0.3, -0.25) is 0 Å². The molecular formula is C16H19NO2. The van der Waals surface area contributed by atoms with Crippen LogP contribution in [-0.2, 0) is 0 Å². The van der Waals surface area contributed by atoms with Crippen LogP contribution in [0.4, 0.5) is 0 Å². The van der Waals surface area contributed by atoms with Gasteiger partial charge in [0.25, 0.3) is 0 Å². The molecule has 0 amide bonds. The summed E-state index contributed by atoms with van der Waals surface area (Å²) in [5.74, 6) is 0.633. The lowest BCUT2D eigenvalue weighted by Gasteiger charge is -2.22. The van der Waals surface area contributed by atoms with Crippen LogP contribution in [0.1, 0.15) is 23.1 Å². The molecule has 2 aromatic rings. The summed E-state index contributed by atoms with van der Waals surface area (Å²) in [5.41, 5.74) is 7.69. The Kier molecular flexibility index (Phi) is 4.55. The summed E-state index contributed by atoms with van der Waals surface area (Å²) >= 11 is 0. The summed E-state index contributed by atoms with van der Waals surface area (Å²) < 4.78 is 5.21. The zero-order valence-corrected chi connectivity index (χ0v) is 11.0. The molecule has 2 aromatic carbocycles. The molecule has 3 N–H and O–H groups in total. The Hall–Kier alpha value is -1.84. The first-order chi connectivity index (χ1) is 9.26. The monoisotopic (exact) mass is 257 g/mol. The van der Waals surface area contributed by atoms with Crippen LogP contribution < -0.4 is 10.5 Å². The second kappa shape index (κ2) is 6.36. The average molecular weight is 257 g/mol. The fourth-order valence-electron chi connectivity index (χ4n) is 2.20. The van der Waals surface area contributed by atoms with Crippen molar-refractivity contribution in [3.05, 3.63) is 65.7 Å². The molecule has 3 nitrogen and oxygen atoms in total. The third-order valence-corrected chi connectivity index (χ3v) is 3.30. The maximum absolute atomic E-state index is 10.5.